The van der Waals surface area contributed by atoms with Gasteiger partial charge >= 0.3 is 0 Å². The highest BCUT2D eigenvalue weighted by Crippen LogP contribution is 2.24. The van der Waals surface area contributed by atoms with Crippen LogP contribution in [0.25, 0.3) is 0 Å². The maximum Gasteiger partial charge on any atom is 0.123 e. The SMILES string of the molecule is C=C(CC)COc1ccc(Br)cc1CCN. The molecule has 1 rings (SSSR count). The Morgan fingerprint density at radius 2 is 2.25 bits per heavy atom. The molecule has 16 heavy (non-hydrogen) atoms. The highest BCUT2D eigenvalue weighted by Gasteiger charge is 2.04. The second-order valence-corrected chi connectivity index (χ2v) is 4.60. The maximum atomic E-state index is 5.72. The molecule has 3 heteroatoms. The lowest BCUT2D eigenvalue weighted by Gasteiger charge is -2.12. The van der Waals surface area contributed by atoms with Crippen molar-refractivity contribution in [2.24, 2.45) is 5.73 Å². The van der Waals surface area contributed by atoms with Gasteiger partial charge in [0.15, 0.2) is 0 Å². The second-order valence-electron chi connectivity index (χ2n) is 3.68. The van der Waals surface area contributed by atoms with Crippen LogP contribution < -0.4 is 10.5 Å². The van der Waals surface area contributed by atoms with Gasteiger partial charge in [-0.3, -0.25) is 0 Å². The normalized spacial score (nSPS) is 10.2. The van der Waals surface area contributed by atoms with Crippen LogP contribution in [0.2, 0.25) is 0 Å². The van der Waals surface area contributed by atoms with Gasteiger partial charge in [-0.2, -0.15) is 0 Å². The third-order valence-corrected chi connectivity index (χ3v) is 2.86. The number of benzene rings is 1. The summed E-state index contributed by atoms with van der Waals surface area (Å²) in [6, 6.07) is 6.00. The van der Waals surface area contributed by atoms with Gasteiger partial charge in [0, 0.05) is 4.47 Å². The molecule has 0 aliphatic heterocycles. The first-order valence-corrected chi connectivity index (χ1v) is 6.24. The Bertz CT molecular complexity index is 363. The summed E-state index contributed by atoms with van der Waals surface area (Å²) in [6.45, 7) is 7.21. The van der Waals surface area contributed by atoms with Gasteiger partial charge < -0.3 is 10.5 Å². The molecule has 0 bridgehead atoms. The zero-order chi connectivity index (χ0) is 12.0. The summed E-state index contributed by atoms with van der Waals surface area (Å²) < 4.78 is 6.77. The summed E-state index contributed by atoms with van der Waals surface area (Å²) in [6.07, 6.45) is 1.77. The van der Waals surface area contributed by atoms with Crippen LogP contribution in [0.15, 0.2) is 34.8 Å². The average molecular weight is 284 g/mol. The smallest absolute Gasteiger partial charge is 0.123 e. The molecule has 0 aliphatic rings. The summed E-state index contributed by atoms with van der Waals surface area (Å²) in [5.41, 5.74) is 7.81. The topological polar surface area (TPSA) is 35.2 Å². The van der Waals surface area contributed by atoms with E-state index in [2.05, 4.69) is 35.5 Å². The average Bonchev–Trinajstić information content (AvgIpc) is 2.28. The molecule has 0 aromatic heterocycles. The van der Waals surface area contributed by atoms with Crippen molar-refractivity contribution >= 4 is 15.9 Å². The van der Waals surface area contributed by atoms with Crippen LogP contribution in [0.4, 0.5) is 0 Å². The van der Waals surface area contributed by atoms with Gasteiger partial charge in [0.1, 0.15) is 12.4 Å². The van der Waals surface area contributed by atoms with Gasteiger partial charge in [0.2, 0.25) is 0 Å². The molecule has 0 heterocycles. The molecule has 0 amide bonds. The molecule has 2 nitrogen and oxygen atoms in total. The van der Waals surface area contributed by atoms with Crippen molar-refractivity contribution in [3.63, 3.8) is 0 Å². The van der Waals surface area contributed by atoms with Crippen LogP contribution in [0.3, 0.4) is 0 Å². The van der Waals surface area contributed by atoms with E-state index in [4.69, 9.17) is 10.5 Å². The minimum Gasteiger partial charge on any atom is -0.489 e. The molecule has 2 N–H and O–H groups in total. The number of rotatable bonds is 6. The molecular weight excluding hydrogens is 266 g/mol. The molecule has 0 saturated carbocycles. The minimum absolute atomic E-state index is 0.579. The fraction of sp³-hybridized carbons (Fsp3) is 0.385. The molecule has 1 aromatic rings. The maximum absolute atomic E-state index is 5.72. The van der Waals surface area contributed by atoms with Gasteiger partial charge in [-0.15, -0.1) is 0 Å². The molecular formula is C13H18BrNO. The lowest BCUT2D eigenvalue weighted by atomic mass is 10.1. The molecule has 0 saturated heterocycles. The Morgan fingerprint density at radius 1 is 1.50 bits per heavy atom. The van der Waals surface area contributed by atoms with E-state index >= 15 is 0 Å². The van der Waals surface area contributed by atoms with Crippen molar-refractivity contribution in [2.45, 2.75) is 19.8 Å². The first-order valence-electron chi connectivity index (χ1n) is 5.45. The van der Waals surface area contributed by atoms with E-state index in [1.165, 1.54) is 0 Å². The van der Waals surface area contributed by atoms with E-state index in [0.29, 0.717) is 13.2 Å². The number of hydrogen-bond acceptors (Lipinski definition) is 2. The molecule has 0 unspecified atom stereocenters. The highest BCUT2D eigenvalue weighted by atomic mass is 79.9. The van der Waals surface area contributed by atoms with Crippen molar-refractivity contribution in [3.05, 3.63) is 40.4 Å². The highest BCUT2D eigenvalue weighted by molar-refractivity contribution is 9.10. The van der Waals surface area contributed by atoms with E-state index < -0.39 is 0 Å². The minimum atomic E-state index is 0.579. The molecule has 0 atom stereocenters. The zero-order valence-electron chi connectivity index (χ0n) is 9.63. The van der Waals surface area contributed by atoms with Crippen molar-refractivity contribution in [2.75, 3.05) is 13.2 Å². The molecule has 0 aliphatic carbocycles. The van der Waals surface area contributed by atoms with Crippen LogP contribution in [-0.2, 0) is 6.42 Å². The Labute approximate surface area is 106 Å². The third-order valence-electron chi connectivity index (χ3n) is 2.37. The lowest BCUT2D eigenvalue weighted by molar-refractivity contribution is 0.345. The quantitative estimate of drug-likeness (QED) is 0.813. The van der Waals surface area contributed by atoms with Crippen LogP contribution in [-0.4, -0.2) is 13.2 Å². The first-order chi connectivity index (χ1) is 7.67. The summed E-state index contributed by atoms with van der Waals surface area (Å²) in [5.74, 6) is 0.906. The lowest BCUT2D eigenvalue weighted by Crippen LogP contribution is -2.06. The Kier molecular flexibility index (Phi) is 5.56. The van der Waals surface area contributed by atoms with Crippen LogP contribution in [0, 0.1) is 0 Å². The van der Waals surface area contributed by atoms with Crippen LogP contribution in [0.5, 0.6) is 5.75 Å². The van der Waals surface area contributed by atoms with Crippen LogP contribution in [0.1, 0.15) is 18.9 Å². The summed E-state index contributed by atoms with van der Waals surface area (Å²) in [7, 11) is 0. The number of halogens is 1. The fourth-order valence-corrected chi connectivity index (χ4v) is 1.73. The Balaban J connectivity index is 2.73. The fourth-order valence-electron chi connectivity index (χ4n) is 1.32. The van der Waals surface area contributed by atoms with Gasteiger partial charge in [-0.25, -0.2) is 0 Å². The molecule has 0 spiro atoms. The standard InChI is InChI=1S/C13H18BrNO/c1-3-10(2)9-16-13-5-4-12(14)8-11(13)6-7-15/h4-5,8H,2-3,6-7,9,15H2,1H3. The second kappa shape index (κ2) is 6.71. The summed E-state index contributed by atoms with van der Waals surface area (Å²) in [5, 5.41) is 0. The molecule has 0 radical (unpaired) electrons. The number of hydrogen-bond donors (Lipinski definition) is 1. The number of ether oxygens (including phenoxy) is 1. The zero-order valence-corrected chi connectivity index (χ0v) is 11.2. The largest absolute Gasteiger partial charge is 0.489 e. The number of nitrogens with two attached hydrogens (primary N) is 1. The third kappa shape index (κ3) is 3.99. The van der Waals surface area contributed by atoms with Crippen molar-refractivity contribution in [1.29, 1.82) is 0 Å². The van der Waals surface area contributed by atoms with Crippen molar-refractivity contribution in [1.82, 2.24) is 0 Å². The Hall–Kier alpha value is -0.800. The predicted molar refractivity (Wildman–Crippen MR) is 71.8 cm³/mol. The monoisotopic (exact) mass is 283 g/mol. The molecule has 0 fully saturated rings. The van der Waals surface area contributed by atoms with E-state index in [1.807, 2.05) is 12.1 Å². The van der Waals surface area contributed by atoms with Gasteiger partial charge in [-0.1, -0.05) is 29.4 Å². The predicted octanol–water partition coefficient (Wildman–Crippen LogP) is 3.30. The van der Waals surface area contributed by atoms with E-state index in [-0.39, 0.29) is 0 Å². The van der Waals surface area contributed by atoms with Gasteiger partial charge in [0.25, 0.3) is 0 Å². The first kappa shape index (κ1) is 13.3. The molecule has 88 valence electrons. The summed E-state index contributed by atoms with van der Waals surface area (Å²) in [4.78, 5) is 0. The van der Waals surface area contributed by atoms with Crippen molar-refractivity contribution in [3.8, 4) is 5.75 Å². The molecule has 1 aromatic carbocycles. The van der Waals surface area contributed by atoms with Gasteiger partial charge in [-0.05, 0) is 48.7 Å². The van der Waals surface area contributed by atoms with Crippen molar-refractivity contribution < 1.29 is 4.74 Å². The Morgan fingerprint density at radius 3 is 2.88 bits per heavy atom. The van der Waals surface area contributed by atoms with E-state index in [9.17, 15) is 0 Å². The van der Waals surface area contributed by atoms with Crippen LogP contribution >= 0.6 is 15.9 Å². The summed E-state index contributed by atoms with van der Waals surface area (Å²) >= 11 is 3.45. The van der Waals surface area contributed by atoms with E-state index in [1.54, 1.807) is 0 Å². The van der Waals surface area contributed by atoms with Gasteiger partial charge in [0.05, 0.1) is 0 Å². The van der Waals surface area contributed by atoms with E-state index in [0.717, 1.165) is 34.2 Å².